The molecule has 5 nitrogen and oxygen atoms in total. The highest BCUT2D eigenvalue weighted by molar-refractivity contribution is 5.81. The van der Waals surface area contributed by atoms with Crippen molar-refractivity contribution in [1.29, 1.82) is 5.26 Å². The minimum Gasteiger partial charge on any atom is -0.504 e. The number of benzene rings is 2. The second-order valence-corrected chi connectivity index (χ2v) is 5.62. The lowest BCUT2D eigenvalue weighted by atomic mass is 9.99. The highest BCUT2D eigenvalue weighted by atomic mass is 19.4. The number of amides is 1. The van der Waals surface area contributed by atoms with E-state index in [1.54, 1.807) is 0 Å². The number of nitrogens with zero attached hydrogens (tertiary/aromatic N) is 1. The maximum absolute atomic E-state index is 12.5. The summed E-state index contributed by atoms with van der Waals surface area (Å²) < 4.78 is 37.5. The Balaban J connectivity index is 1.96. The van der Waals surface area contributed by atoms with Crippen molar-refractivity contribution in [3.05, 3.63) is 59.2 Å². The molecule has 2 aromatic rings. The predicted octanol–water partition coefficient (Wildman–Crippen LogP) is 3.12. The first-order valence-corrected chi connectivity index (χ1v) is 7.55. The summed E-state index contributed by atoms with van der Waals surface area (Å²) in [6.45, 7) is -0.0179. The number of hydrogen-bond acceptors (Lipinski definition) is 4. The highest BCUT2D eigenvalue weighted by Gasteiger charge is 2.30. The van der Waals surface area contributed by atoms with Crippen molar-refractivity contribution < 1.29 is 28.2 Å². The standard InChI is InChI=1S/C18H15F3N2O3/c19-18(20,21)14-4-1-11(2-5-14)10-23-17(26)13(9-22)7-12-3-6-15(24)16(25)8-12/h1-6,8,13,24-25H,7,10H2,(H,23,26). The molecule has 0 radical (unpaired) electrons. The number of halogens is 3. The Labute approximate surface area is 147 Å². The molecule has 3 N–H and O–H groups in total. The Kier molecular flexibility index (Phi) is 5.72. The summed E-state index contributed by atoms with van der Waals surface area (Å²) >= 11 is 0. The monoisotopic (exact) mass is 364 g/mol. The van der Waals surface area contributed by atoms with Crippen LogP contribution in [0.4, 0.5) is 13.2 Å². The van der Waals surface area contributed by atoms with Gasteiger partial charge in [0.1, 0.15) is 5.92 Å². The molecule has 2 rings (SSSR count). The minimum absolute atomic E-state index is 0.0170. The molecule has 136 valence electrons. The average Bonchev–Trinajstić information content (AvgIpc) is 2.60. The van der Waals surface area contributed by atoms with E-state index in [1.807, 2.05) is 6.07 Å². The number of alkyl halides is 3. The van der Waals surface area contributed by atoms with Crippen molar-refractivity contribution >= 4 is 5.91 Å². The third-order valence-electron chi connectivity index (χ3n) is 3.70. The number of rotatable bonds is 5. The predicted molar refractivity (Wildman–Crippen MR) is 85.9 cm³/mol. The van der Waals surface area contributed by atoms with Crippen LogP contribution in [-0.2, 0) is 23.9 Å². The lowest BCUT2D eigenvalue weighted by Crippen LogP contribution is -2.30. The maximum atomic E-state index is 12.5. The zero-order chi connectivity index (χ0) is 19.3. The van der Waals surface area contributed by atoms with Crippen LogP contribution < -0.4 is 5.32 Å². The van der Waals surface area contributed by atoms with E-state index in [0.717, 1.165) is 12.1 Å². The van der Waals surface area contributed by atoms with Crippen molar-refractivity contribution in [1.82, 2.24) is 5.32 Å². The zero-order valence-corrected chi connectivity index (χ0v) is 13.4. The van der Waals surface area contributed by atoms with E-state index in [2.05, 4.69) is 5.32 Å². The molecule has 0 fully saturated rings. The van der Waals surface area contributed by atoms with Gasteiger partial charge in [-0.05, 0) is 41.8 Å². The van der Waals surface area contributed by atoms with Gasteiger partial charge in [0.05, 0.1) is 11.6 Å². The van der Waals surface area contributed by atoms with Gasteiger partial charge >= 0.3 is 6.18 Å². The van der Waals surface area contributed by atoms with Crippen molar-refractivity contribution in [3.8, 4) is 17.6 Å². The van der Waals surface area contributed by atoms with E-state index < -0.39 is 23.6 Å². The molecule has 0 heterocycles. The Bertz CT molecular complexity index is 827. The van der Waals surface area contributed by atoms with Gasteiger partial charge in [-0.15, -0.1) is 0 Å². The molecular formula is C18H15F3N2O3. The van der Waals surface area contributed by atoms with Crippen LogP contribution in [0.5, 0.6) is 11.5 Å². The third-order valence-corrected chi connectivity index (χ3v) is 3.70. The molecule has 0 saturated carbocycles. The molecule has 0 aliphatic rings. The number of phenolic OH excluding ortho intramolecular Hbond substituents is 2. The van der Waals surface area contributed by atoms with Gasteiger partial charge < -0.3 is 15.5 Å². The highest BCUT2D eigenvalue weighted by Crippen LogP contribution is 2.29. The summed E-state index contributed by atoms with van der Waals surface area (Å²) in [6, 6.07) is 10.2. The normalized spacial score (nSPS) is 12.2. The fourth-order valence-electron chi connectivity index (χ4n) is 2.25. The topological polar surface area (TPSA) is 93.3 Å². The van der Waals surface area contributed by atoms with Crippen LogP contribution in [0.3, 0.4) is 0 Å². The second-order valence-electron chi connectivity index (χ2n) is 5.62. The van der Waals surface area contributed by atoms with Crippen molar-refractivity contribution in [2.24, 2.45) is 5.92 Å². The summed E-state index contributed by atoms with van der Waals surface area (Å²) in [7, 11) is 0. The number of aromatic hydroxyl groups is 2. The van der Waals surface area contributed by atoms with Crippen LogP contribution in [0, 0.1) is 17.2 Å². The molecule has 0 bridgehead atoms. The quantitative estimate of drug-likeness (QED) is 0.711. The molecule has 0 aromatic heterocycles. The van der Waals surface area contributed by atoms with Crippen LogP contribution in [0.25, 0.3) is 0 Å². The fraction of sp³-hybridized carbons (Fsp3) is 0.222. The van der Waals surface area contributed by atoms with Gasteiger partial charge in [-0.2, -0.15) is 18.4 Å². The fourth-order valence-corrected chi connectivity index (χ4v) is 2.25. The first-order valence-electron chi connectivity index (χ1n) is 7.55. The molecule has 0 aliphatic carbocycles. The van der Waals surface area contributed by atoms with Crippen molar-refractivity contribution in [2.75, 3.05) is 0 Å². The Morgan fingerprint density at radius 2 is 1.69 bits per heavy atom. The SMILES string of the molecule is N#CC(Cc1ccc(O)c(O)c1)C(=O)NCc1ccc(C(F)(F)F)cc1. The van der Waals surface area contributed by atoms with E-state index >= 15 is 0 Å². The van der Waals surface area contributed by atoms with Crippen LogP contribution in [0.2, 0.25) is 0 Å². The van der Waals surface area contributed by atoms with Gasteiger partial charge in [0.15, 0.2) is 11.5 Å². The zero-order valence-electron chi connectivity index (χ0n) is 13.4. The largest absolute Gasteiger partial charge is 0.504 e. The summed E-state index contributed by atoms with van der Waals surface area (Å²) in [6.07, 6.45) is -4.41. The Morgan fingerprint density at radius 3 is 2.23 bits per heavy atom. The summed E-state index contributed by atoms with van der Waals surface area (Å²) in [5.41, 5.74) is 0.163. The maximum Gasteiger partial charge on any atom is 0.416 e. The number of phenols is 2. The van der Waals surface area contributed by atoms with Crippen molar-refractivity contribution in [2.45, 2.75) is 19.1 Å². The van der Waals surface area contributed by atoms with Crippen LogP contribution in [0.15, 0.2) is 42.5 Å². The second kappa shape index (κ2) is 7.78. The van der Waals surface area contributed by atoms with Crippen molar-refractivity contribution in [3.63, 3.8) is 0 Å². The summed E-state index contributed by atoms with van der Waals surface area (Å²) in [4.78, 5) is 12.1. The van der Waals surface area contributed by atoms with E-state index in [1.165, 1.54) is 30.3 Å². The number of nitriles is 1. The van der Waals surface area contributed by atoms with Crippen LogP contribution in [-0.4, -0.2) is 16.1 Å². The molecule has 2 aromatic carbocycles. The van der Waals surface area contributed by atoms with Gasteiger partial charge in [-0.3, -0.25) is 4.79 Å². The number of hydrogen-bond donors (Lipinski definition) is 3. The average molecular weight is 364 g/mol. The lowest BCUT2D eigenvalue weighted by molar-refractivity contribution is -0.137. The van der Waals surface area contributed by atoms with Crippen LogP contribution in [0.1, 0.15) is 16.7 Å². The van der Waals surface area contributed by atoms with Crippen LogP contribution >= 0.6 is 0 Å². The smallest absolute Gasteiger partial charge is 0.416 e. The molecule has 0 saturated heterocycles. The van der Waals surface area contributed by atoms with E-state index in [4.69, 9.17) is 5.26 Å². The number of carbonyl (C=O) groups excluding carboxylic acids is 1. The Morgan fingerprint density at radius 1 is 1.08 bits per heavy atom. The molecule has 1 unspecified atom stereocenters. The summed E-state index contributed by atoms with van der Waals surface area (Å²) in [5.74, 6) is -2.30. The first-order chi connectivity index (χ1) is 12.2. The molecule has 1 atom stereocenters. The Hall–Kier alpha value is -3.21. The van der Waals surface area contributed by atoms with Gasteiger partial charge in [-0.1, -0.05) is 18.2 Å². The summed E-state index contributed by atoms with van der Waals surface area (Å²) in [5, 5.41) is 30.4. The van der Waals surface area contributed by atoms with Gasteiger partial charge in [0, 0.05) is 6.54 Å². The number of nitrogens with one attached hydrogen (secondary N) is 1. The van der Waals surface area contributed by atoms with E-state index in [0.29, 0.717) is 11.1 Å². The lowest BCUT2D eigenvalue weighted by Gasteiger charge is -2.12. The van der Waals surface area contributed by atoms with Gasteiger partial charge in [-0.25, -0.2) is 0 Å². The molecule has 0 spiro atoms. The molecule has 1 amide bonds. The third kappa shape index (κ3) is 4.89. The van der Waals surface area contributed by atoms with Gasteiger partial charge in [0.25, 0.3) is 0 Å². The molecular weight excluding hydrogens is 349 g/mol. The van der Waals surface area contributed by atoms with Gasteiger partial charge in [0.2, 0.25) is 5.91 Å². The molecule has 26 heavy (non-hydrogen) atoms. The molecule has 0 aliphatic heterocycles. The van der Waals surface area contributed by atoms with E-state index in [9.17, 15) is 28.2 Å². The first kappa shape index (κ1) is 19.1. The minimum atomic E-state index is -4.43. The number of carbonyl (C=O) groups is 1. The van der Waals surface area contributed by atoms with E-state index in [-0.39, 0.29) is 24.5 Å². The molecule has 8 heteroatoms.